The third-order valence-electron chi connectivity index (χ3n) is 6.51. The Morgan fingerprint density at radius 3 is 2.11 bits per heavy atom. The Morgan fingerprint density at radius 1 is 0.784 bits per heavy atom. The Morgan fingerprint density at radius 2 is 1.43 bits per heavy atom. The van der Waals surface area contributed by atoms with E-state index in [2.05, 4.69) is 12.1 Å². The standard InChI is InChI=1S/C32H27FN2O2/c1-22-34-30(27-14-9-15-29(33)31(27)37-2)28(21-16-23-10-5-3-6-11-23)32(36)35(22)26-19-17-25(18-20-26)24-12-7-4-8-13-24/h3-15,17-20H,16,21H2,1-2H3. The van der Waals surface area contributed by atoms with Crippen LogP contribution in [0.2, 0.25) is 0 Å². The number of rotatable bonds is 7. The maximum Gasteiger partial charge on any atom is 0.261 e. The van der Waals surface area contributed by atoms with Crippen molar-refractivity contribution in [2.24, 2.45) is 0 Å². The van der Waals surface area contributed by atoms with E-state index in [9.17, 15) is 9.18 Å². The molecule has 0 unspecified atom stereocenters. The van der Waals surface area contributed by atoms with Gasteiger partial charge in [0.05, 0.1) is 18.5 Å². The topological polar surface area (TPSA) is 44.1 Å². The summed E-state index contributed by atoms with van der Waals surface area (Å²) in [5.74, 6) is 0.108. The molecule has 0 spiro atoms. The van der Waals surface area contributed by atoms with E-state index < -0.39 is 5.82 Å². The van der Waals surface area contributed by atoms with Gasteiger partial charge in [-0.3, -0.25) is 9.36 Å². The van der Waals surface area contributed by atoms with Gasteiger partial charge in [0.15, 0.2) is 11.6 Å². The van der Waals surface area contributed by atoms with Crippen LogP contribution in [-0.4, -0.2) is 16.7 Å². The van der Waals surface area contributed by atoms with Crippen molar-refractivity contribution in [1.82, 2.24) is 9.55 Å². The van der Waals surface area contributed by atoms with Crippen molar-refractivity contribution in [3.8, 4) is 33.8 Å². The van der Waals surface area contributed by atoms with Crippen LogP contribution in [0.5, 0.6) is 5.75 Å². The quantitative estimate of drug-likeness (QED) is 0.252. The number of methoxy groups -OCH3 is 1. The highest BCUT2D eigenvalue weighted by Gasteiger charge is 2.21. The Labute approximate surface area is 215 Å². The number of benzene rings is 4. The lowest BCUT2D eigenvalue weighted by Gasteiger charge is -2.17. The van der Waals surface area contributed by atoms with Gasteiger partial charge in [0.2, 0.25) is 0 Å². The monoisotopic (exact) mass is 490 g/mol. The third-order valence-corrected chi connectivity index (χ3v) is 6.51. The minimum Gasteiger partial charge on any atom is -0.493 e. The fourth-order valence-corrected chi connectivity index (χ4v) is 4.67. The van der Waals surface area contributed by atoms with E-state index in [1.165, 1.54) is 13.2 Å². The molecule has 0 atom stereocenters. The van der Waals surface area contributed by atoms with Gasteiger partial charge in [0, 0.05) is 11.1 Å². The maximum atomic E-state index is 14.6. The molecule has 5 rings (SSSR count). The summed E-state index contributed by atoms with van der Waals surface area (Å²) in [6.07, 6.45) is 1.10. The molecule has 0 bridgehead atoms. The van der Waals surface area contributed by atoms with Crippen LogP contribution in [0.25, 0.3) is 28.1 Å². The van der Waals surface area contributed by atoms with E-state index in [1.54, 1.807) is 23.6 Å². The van der Waals surface area contributed by atoms with Crippen LogP contribution in [0.3, 0.4) is 0 Å². The first-order chi connectivity index (χ1) is 18.1. The second-order valence-electron chi connectivity index (χ2n) is 8.85. The van der Waals surface area contributed by atoms with E-state index in [-0.39, 0.29) is 11.3 Å². The highest BCUT2D eigenvalue weighted by Crippen LogP contribution is 2.33. The number of hydrogen-bond donors (Lipinski definition) is 0. The first-order valence-corrected chi connectivity index (χ1v) is 12.2. The number of hydrogen-bond acceptors (Lipinski definition) is 3. The summed E-state index contributed by atoms with van der Waals surface area (Å²) in [5, 5.41) is 0. The van der Waals surface area contributed by atoms with Crippen molar-refractivity contribution < 1.29 is 9.13 Å². The molecule has 5 aromatic rings. The molecule has 0 aliphatic heterocycles. The van der Waals surface area contributed by atoms with Gasteiger partial charge < -0.3 is 4.74 Å². The highest BCUT2D eigenvalue weighted by molar-refractivity contribution is 5.71. The summed E-state index contributed by atoms with van der Waals surface area (Å²) in [7, 11) is 1.42. The SMILES string of the molecule is COc1c(F)cccc1-c1nc(C)n(-c2ccc(-c3ccccc3)cc2)c(=O)c1CCc1ccccc1. The summed E-state index contributed by atoms with van der Waals surface area (Å²) in [6.45, 7) is 1.79. The van der Waals surface area contributed by atoms with Gasteiger partial charge in [-0.05, 0) is 60.7 Å². The lowest BCUT2D eigenvalue weighted by atomic mass is 9.99. The fraction of sp³-hybridized carbons (Fsp3) is 0.125. The van der Waals surface area contributed by atoms with Gasteiger partial charge in [0.1, 0.15) is 5.82 Å². The maximum absolute atomic E-state index is 14.6. The van der Waals surface area contributed by atoms with Gasteiger partial charge in [-0.15, -0.1) is 0 Å². The molecule has 0 radical (unpaired) electrons. The average Bonchev–Trinajstić information content (AvgIpc) is 2.93. The molecule has 0 N–H and O–H groups in total. The molecule has 0 saturated carbocycles. The number of aromatic nitrogens is 2. The van der Waals surface area contributed by atoms with Gasteiger partial charge in [-0.25, -0.2) is 9.37 Å². The number of para-hydroxylation sites is 1. The fourth-order valence-electron chi connectivity index (χ4n) is 4.67. The molecule has 4 aromatic carbocycles. The normalized spacial score (nSPS) is 10.9. The number of nitrogens with zero attached hydrogens (tertiary/aromatic N) is 2. The molecule has 0 saturated heterocycles. The Hall–Kier alpha value is -4.51. The zero-order chi connectivity index (χ0) is 25.8. The highest BCUT2D eigenvalue weighted by atomic mass is 19.1. The van der Waals surface area contributed by atoms with Crippen molar-refractivity contribution in [3.63, 3.8) is 0 Å². The summed E-state index contributed by atoms with van der Waals surface area (Å²) in [4.78, 5) is 18.9. The summed E-state index contributed by atoms with van der Waals surface area (Å²) < 4.78 is 21.6. The molecule has 37 heavy (non-hydrogen) atoms. The number of halogens is 1. The van der Waals surface area contributed by atoms with E-state index in [1.807, 2.05) is 72.8 Å². The van der Waals surface area contributed by atoms with Crippen LogP contribution < -0.4 is 10.3 Å². The first kappa shape index (κ1) is 24.2. The van der Waals surface area contributed by atoms with E-state index in [4.69, 9.17) is 9.72 Å². The summed E-state index contributed by atoms with van der Waals surface area (Å²) >= 11 is 0. The second kappa shape index (κ2) is 10.6. The van der Waals surface area contributed by atoms with Crippen LogP contribution in [0.1, 0.15) is 17.0 Å². The van der Waals surface area contributed by atoms with Gasteiger partial charge in [-0.2, -0.15) is 0 Å². The van der Waals surface area contributed by atoms with Crippen molar-refractivity contribution in [2.75, 3.05) is 7.11 Å². The molecule has 5 heteroatoms. The molecule has 1 heterocycles. The zero-order valence-electron chi connectivity index (χ0n) is 20.8. The Bertz CT molecular complexity index is 1580. The first-order valence-electron chi connectivity index (χ1n) is 12.2. The van der Waals surface area contributed by atoms with Gasteiger partial charge in [0.25, 0.3) is 5.56 Å². The molecule has 0 aliphatic carbocycles. The molecule has 0 aliphatic rings. The molecular weight excluding hydrogens is 463 g/mol. The molecule has 0 amide bonds. The number of ether oxygens (including phenoxy) is 1. The van der Waals surface area contributed by atoms with E-state index in [0.29, 0.717) is 35.5 Å². The smallest absolute Gasteiger partial charge is 0.261 e. The lowest BCUT2D eigenvalue weighted by molar-refractivity contribution is 0.388. The summed E-state index contributed by atoms with van der Waals surface area (Å²) in [5.41, 5.74) is 5.28. The van der Waals surface area contributed by atoms with Crippen LogP contribution in [0, 0.1) is 12.7 Å². The molecular formula is C32H27FN2O2. The largest absolute Gasteiger partial charge is 0.493 e. The third kappa shape index (κ3) is 4.94. The number of aryl methyl sites for hydroxylation is 2. The van der Waals surface area contributed by atoms with Crippen LogP contribution in [0.15, 0.2) is 108 Å². The van der Waals surface area contributed by atoms with Gasteiger partial charge in [-0.1, -0.05) is 78.9 Å². The van der Waals surface area contributed by atoms with Crippen LogP contribution in [0.4, 0.5) is 4.39 Å². The predicted octanol–water partition coefficient (Wildman–Crippen LogP) is 6.81. The van der Waals surface area contributed by atoms with Gasteiger partial charge >= 0.3 is 0 Å². The van der Waals surface area contributed by atoms with Crippen molar-refractivity contribution in [1.29, 1.82) is 0 Å². The lowest BCUT2D eigenvalue weighted by Crippen LogP contribution is -2.27. The van der Waals surface area contributed by atoms with Crippen molar-refractivity contribution >= 4 is 0 Å². The van der Waals surface area contributed by atoms with E-state index >= 15 is 0 Å². The zero-order valence-corrected chi connectivity index (χ0v) is 20.8. The van der Waals surface area contributed by atoms with E-state index in [0.717, 1.165) is 22.4 Å². The predicted molar refractivity (Wildman–Crippen MR) is 146 cm³/mol. The minimum absolute atomic E-state index is 0.0831. The second-order valence-corrected chi connectivity index (χ2v) is 8.85. The molecule has 1 aromatic heterocycles. The Kier molecular flexibility index (Phi) is 6.95. The summed E-state index contributed by atoms with van der Waals surface area (Å²) in [6, 6.07) is 32.6. The van der Waals surface area contributed by atoms with Crippen LogP contribution in [-0.2, 0) is 12.8 Å². The molecule has 184 valence electrons. The minimum atomic E-state index is -0.492. The average molecular weight is 491 g/mol. The molecule has 0 fully saturated rings. The van der Waals surface area contributed by atoms with Crippen molar-refractivity contribution in [2.45, 2.75) is 19.8 Å². The van der Waals surface area contributed by atoms with Crippen molar-refractivity contribution in [3.05, 3.63) is 136 Å². The molecule has 4 nitrogen and oxygen atoms in total. The van der Waals surface area contributed by atoms with Crippen LogP contribution >= 0.6 is 0 Å². The Balaban J connectivity index is 1.64.